The monoisotopic (exact) mass is 277 g/mol. The lowest BCUT2D eigenvalue weighted by Crippen LogP contribution is -2.38. The molecule has 0 saturated carbocycles. The number of aryl methyl sites for hydroxylation is 3. The molecular formula is C15H19NO4. The van der Waals surface area contributed by atoms with Gasteiger partial charge in [-0.1, -0.05) is 0 Å². The maximum absolute atomic E-state index is 12.0. The van der Waals surface area contributed by atoms with Crippen molar-refractivity contribution in [2.45, 2.75) is 33.3 Å². The number of amides is 1. The Morgan fingerprint density at radius 2 is 1.95 bits per heavy atom. The standard InChI is InChI=1S/C15H19NO4/c1-9-5-6-13(20-9)15(4,18)8-16-14(17)12-7-10(2)19-11(12)3/h5-7,18H,8H2,1-4H3,(H,16,17)/t15-/m1/s1. The minimum Gasteiger partial charge on any atom is -0.466 e. The van der Waals surface area contributed by atoms with Crippen LogP contribution in [0.3, 0.4) is 0 Å². The molecule has 1 atom stereocenters. The Hall–Kier alpha value is -2.01. The van der Waals surface area contributed by atoms with Crippen LogP contribution in [0.5, 0.6) is 0 Å². The summed E-state index contributed by atoms with van der Waals surface area (Å²) >= 11 is 0. The van der Waals surface area contributed by atoms with Crippen molar-refractivity contribution in [2.75, 3.05) is 6.54 Å². The summed E-state index contributed by atoms with van der Waals surface area (Å²) in [5.74, 6) is 2.11. The number of hydrogen-bond acceptors (Lipinski definition) is 4. The van der Waals surface area contributed by atoms with Crippen LogP contribution in [-0.2, 0) is 5.60 Å². The van der Waals surface area contributed by atoms with E-state index >= 15 is 0 Å². The van der Waals surface area contributed by atoms with Gasteiger partial charge in [0.15, 0.2) is 0 Å². The van der Waals surface area contributed by atoms with Gasteiger partial charge in [0, 0.05) is 0 Å². The predicted molar refractivity (Wildman–Crippen MR) is 73.5 cm³/mol. The predicted octanol–water partition coefficient (Wildman–Crippen LogP) is 2.44. The molecule has 0 aromatic carbocycles. The number of aliphatic hydroxyl groups is 1. The van der Waals surface area contributed by atoms with Gasteiger partial charge in [0.25, 0.3) is 5.91 Å². The SMILES string of the molecule is Cc1ccc([C@](C)(O)CNC(=O)c2cc(C)oc2C)o1. The van der Waals surface area contributed by atoms with Crippen LogP contribution in [0.25, 0.3) is 0 Å². The molecule has 20 heavy (non-hydrogen) atoms. The van der Waals surface area contributed by atoms with Gasteiger partial charge in [-0.3, -0.25) is 4.79 Å². The number of rotatable bonds is 4. The molecule has 2 rings (SSSR count). The van der Waals surface area contributed by atoms with E-state index in [1.807, 2.05) is 0 Å². The summed E-state index contributed by atoms with van der Waals surface area (Å²) in [5, 5.41) is 13.0. The quantitative estimate of drug-likeness (QED) is 0.900. The van der Waals surface area contributed by atoms with Gasteiger partial charge in [0.1, 0.15) is 28.6 Å². The largest absolute Gasteiger partial charge is 0.466 e. The molecule has 2 aromatic rings. The number of carbonyl (C=O) groups excluding carboxylic acids is 1. The molecule has 5 heteroatoms. The Balaban J connectivity index is 2.04. The van der Waals surface area contributed by atoms with Gasteiger partial charge in [-0.05, 0) is 45.9 Å². The van der Waals surface area contributed by atoms with Crippen LogP contribution in [0.1, 0.15) is 40.3 Å². The molecule has 0 aliphatic carbocycles. The molecule has 0 bridgehead atoms. The van der Waals surface area contributed by atoms with Crippen molar-refractivity contribution in [3.63, 3.8) is 0 Å². The summed E-state index contributed by atoms with van der Waals surface area (Å²) in [6.45, 7) is 6.97. The summed E-state index contributed by atoms with van der Waals surface area (Å²) < 4.78 is 10.7. The number of hydrogen-bond donors (Lipinski definition) is 2. The highest BCUT2D eigenvalue weighted by Crippen LogP contribution is 2.22. The van der Waals surface area contributed by atoms with Crippen LogP contribution >= 0.6 is 0 Å². The summed E-state index contributed by atoms with van der Waals surface area (Å²) in [5.41, 5.74) is -0.773. The lowest BCUT2D eigenvalue weighted by atomic mass is 10.0. The summed E-state index contributed by atoms with van der Waals surface area (Å²) in [7, 11) is 0. The highest BCUT2D eigenvalue weighted by atomic mass is 16.4. The molecule has 0 saturated heterocycles. The zero-order chi connectivity index (χ0) is 14.9. The molecule has 0 aliphatic rings. The number of carbonyl (C=O) groups is 1. The highest BCUT2D eigenvalue weighted by molar-refractivity contribution is 5.95. The van der Waals surface area contributed by atoms with Crippen LogP contribution in [0.2, 0.25) is 0 Å². The van der Waals surface area contributed by atoms with Crippen molar-refractivity contribution in [3.8, 4) is 0 Å². The molecule has 2 N–H and O–H groups in total. The molecule has 0 spiro atoms. The average molecular weight is 277 g/mol. The average Bonchev–Trinajstić information content (AvgIpc) is 2.93. The molecule has 5 nitrogen and oxygen atoms in total. The first kappa shape index (κ1) is 14.4. The third-order valence-corrected chi connectivity index (χ3v) is 3.15. The molecule has 0 fully saturated rings. The molecule has 2 heterocycles. The van der Waals surface area contributed by atoms with Crippen LogP contribution < -0.4 is 5.32 Å². The second-order valence-corrected chi connectivity index (χ2v) is 5.19. The molecule has 108 valence electrons. The topological polar surface area (TPSA) is 75.6 Å². The number of furan rings is 2. The van der Waals surface area contributed by atoms with Crippen molar-refractivity contribution in [3.05, 3.63) is 46.8 Å². The van der Waals surface area contributed by atoms with Crippen LogP contribution in [0, 0.1) is 20.8 Å². The van der Waals surface area contributed by atoms with Crippen LogP contribution in [0.4, 0.5) is 0 Å². The first-order chi connectivity index (χ1) is 9.29. The van der Waals surface area contributed by atoms with E-state index in [9.17, 15) is 9.90 Å². The van der Waals surface area contributed by atoms with Crippen molar-refractivity contribution < 1.29 is 18.7 Å². The zero-order valence-electron chi connectivity index (χ0n) is 12.1. The van der Waals surface area contributed by atoms with E-state index < -0.39 is 5.60 Å². The summed E-state index contributed by atoms with van der Waals surface area (Å²) in [4.78, 5) is 12.0. The fraction of sp³-hybridized carbons (Fsp3) is 0.400. The van der Waals surface area contributed by atoms with Gasteiger partial charge in [-0.15, -0.1) is 0 Å². The third kappa shape index (κ3) is 2.93. The molecule has 0 unspecified atom stereocenters. The van der Waals surface area contributed by atoms with Gasteiger partial charge >= 0.3 is 0 Å². The minimum absolute atomic E-state index is 0.0580. The first-order valence-electron chi connectivity index (χ1n) is 6.44. The zero-order valence-corrected chi connectivity index (χ0v) is 12.1. The summed E-state index contributed by atoms with van der Waals surface area (Å²) in [6.07, 6.45) is 0. The Labute approximate surface area is 117 Å². The Bertz CT molecular complexity index is 622. The Morgan fingerprint density at radius 3 is 2.45 bits per heavy atom. The normalized spacial score (nSPS) is 14.1. The van der Waals surface area contributed by atoms with Gasteiger partial charge in [-0.25, -0.2) is 0 Å². The number of nitrogens with one attached hydrogen (secondary N) is 1. The second-order valence-electron chi connectivity index (χ2n) is 5.19. The van der Waals surface area contributed by atoms with Crippen molar-refractivity contribution in [1.82, 2.24) is 5.32 Å². The van der Waals surface area contributed by atoms with E-state index in [0.717, 1.165) is 0 Å². The van der Waals surface area contributed by atoms with Gasteiger partial charge in [-0.2, -0.15) is 0 Å². The maximum Gasteiger partial charge on any atom is 0.254 e. The smallest absolute Gasteiger partial charge is 0.254 e. The Kier molecular flexibility index (Phi) is 3.72. The van der Waals surface area contributed by atoms with E-state index in [4.69, 9.17) is 8.83 Å². The lowest BCUT2D eigenvalue weighted by molar-refractivity contribution is 0.0323. The molecule has 1 amide bonds. The molecular weight excluding hydrogens is 258 g/mol. The van der Waals surface area contributed by atoms with Crippen molar-refractivity contribution >= 4 is 5.91 Å². The fourth-order valence-corrected chi connectivity index (χ4v) is 2.01. The van der Waals surface area contributed by atoms with Gasteiger partial charge < -0.3 is 19.3 Å². The molecule has 0 radical (unpaired) electrons. The van der Waals surface area contributed by atoms with Gasteiger partial charge in [0.2, 0.25) is 0 Å². The van der Waals surface area contributed by atoms with Crippen LogP contribution in [-0.4, -0.2) is 17.6 Å². The summed E-state index contributed by atoms with van der Waals surface area (Å²) in [6, 6.07) is 5.15. The maximum atomic E-state index is 12.0. The van der Waals surface area contributed by atoms with Crippen molar-refractivity contribution in [2.24, 2.45) is 0 Å². The van der Waals surface area contributed by atoms with E-state index in [2.05, 4.69) is 5.32 Å². The van der Waals surface area contributed by atoms with Crippen LogP contribution in [0.15, 0.2) is 27.0 Å². The third-order valence-electron chi connectivity index (χ3n) is 3.15. The molecule has 0 aliphatic heterocycles. The van der Waals surface area contributed by atoms with Gasteiger partial charge in [0.05, 0.1) is 12.1 Å². The molecule has 2 aromatic heterocycles. The van der Waals surface area contributed by atoms with E-state index in [1.165, 1.54) is 0 Å². The second kappa shape index (κ2) is 5.17. The first-order valence-corrected chi connectivity index (χ1v) is 6.44. The Morgan fingerprint density at radius 1 is 1.25 bits per heavy atom. The lowest BCUT2D eigenvalue weighted by Gasteiger charge is -2.21. The fourth-order valence-electron chi connectivity index (χ4n) is 2.01. The van der Waals surface area contributed by atoms with E-state index in [-0.39, 0.29) is 12.5 Å². The minimum atomic E-state index is -1.25. The van der Waals surface area contributed by atoms with E-state index in [0.29, 0.717) is 28.6 Å². The highest BCUT2D eigenvalue weighted by Gasteiger charge is 2.28. The van der Waals surface area contributed by atoms with E-state index in [1.54, 1.807) is 45.9 Å². The van der Waals surface area contributed by atoms with Crippen molar-refractivity contribution in [1.29, 1.82) is 0 Å².